The molecule has 4 nitrogen and oxygen atoms in total. The van der Waals surface area contributed by atoms with Crippen molar-refractivity contribution >= 4 is 27.2 Å². The molecule has 0 unspecified atom stereocenters. The highest BCUT2D eigenvalue weighted by Crippen LogP contribution is 2.22. The van der Waals surface area contributed by atoms with Gasteiger partial charge in [-0.25, -0.2) is 8.42 Å². The summed E-state index contributed by atoms with van der Waals surface area (Å²) in [5.74, 6) is 0. The van der Waals surface area contributed by atoms with Gasteiger partial charge in [0.1, 0.15) is 4.99 Å². The minimum atomic E-state index is -3.57. The Kier molecular flexibility index (Phi) is 5.46. The van der Waals surface area contributed by atoms with E-state index in [-0.39, 0.29) is 15.9 Å². The van der Waals surface area contributed by atoms with Gasteiger partial charge in [-0.05, 0) is 26.3 Å². The Bertz CT molecular complexity index is 554. The molecule has 0 bridgehead atoms. The van der Waals surface area contributed by atoms with Crippen LogP contribution in [0.5, 0.6) is 0 Å². The summed E-state index contributed by atoms with van der Waals surface area (Å²) in [6.45, 7) is 6.14. The fraction of sp³-hybridized carbons (Fsp3) is 0.462. The van der Waals surface area contributed by atoms with Gasteiger partial charge in [0.25, 0.3) is 0 Å². The van der Waals surface area contributed by atoms with Crippen LogP contribution in [0.15, 0.2) is 29.2 Å². The average molecular weight is 300 g/mol. The maximum Gasteiger partial charge on any atom is 0.244 e. The third-order valence-electron chi connectivity index (χ3n) is 2.76. The summed E-state index contributed by atoms with van der Waals surface area (Å²) in [5, 5.41) is 0. The molecular formula is C13H20N2O2S2. The average Bonchev–Trinajstić information content (AvgIpc) is 2.35. The van der Waals surface area contributed by atoms with Gasteiger partial charge in [0.05, 0.1) is 4.90 Å². The normalized spacial score (nSPS) is 12.1. The zero-order chi connectivity index (χ0) is 14.6. The second kappa shape index (κ2) is 6.45. The Morgan fingerprint density at radius 2 is 1.95 bits per heavy atom. The van der Waals surface area contributed by atoms with E-state index in [9.17, 15) is 8.42 Å². The molecule has 0 radical (unpaired) electrons. The van der Waals surface area contributed by atoms with E-state index in [4.69, 9.17) is 18.0 Å². The second-order valence-electron chi connectivity index (χ2n) is 4.57. The standard InChI is InChI=1S/C13H20N2O2S2/c1-4-9-15(10(2)3)19(16,17)12-8-6-5-7-11(12)13(14)18/h5-8,10H,4,9H2,1-3H3,(H2,14,18). The lowest BCUT2D eigenvalue weighted by Crippen LogP contribution is -2.38. The van der Waals surface area contributed by atoms with Crippen molar-refractivity contribution in [1.82, 2.24) is 4.31 Å². The van der Waals surface area contributed by atoms with Crippen molar-refractivity contribution in [2.75, 3.05) is 6.54 Å². The topological polar surface area (TPSA) is 63.4 Å². The summed E-state index contributed by atoms with van der Waals surface area (Å²) >= 11 is 4.93. The van der Waals surface area contributed by atoms with Gasteiger partial charge in [-0.3, -0.25) is 0 Å². The fourth-order valence-corrected chi connectivity index (χ4v) is 4.08. The number of rotatable bonds is 6. The van der Waals surface area contributed by atoms with E-state index in [2.05, 4.69) is 0 Å². The molecule has 0 atom stereocenters. The molecule has 0 aliphatic rings. The lowest BCUT2D eigenvalue weighted by atomic mass is 10.2. The van der Waals surface area contributed by atoms with E-state index in [0.29, 0.717) is 12.1 Å². The summed E-state index contributed by atoms with van der Waals surface area (Å²) < 4.78 is 26.9. The quantitative estimate of drug-likeness (QED) is 0.818. The minimum Gasteiger partial charge on any atom is -0.389 e. The van der Waals surface area contributed by atoms with Crippen LogP contribution in [0, 0.1) is 0 Å². The van der Waals surface area contributed by atoms with Crippen LogP contribution in [-0.4, -0.2) is 30.3 Å². The van der Waals surface area contributed by atoms with Crippen molar-refractivity contribution in [2.24, 2.45) is 5.73 Å². The molecule has 0 fully saturated rings. The number of benzene rings is 1. The summed E-state index contributed by atoms with van der Waals surface area (Å²) in [6.07, 6.45) is 0.757. The van der Waals surface area contributed by atoms with E-state index in [1.807, 2.05) is 20.8 Å². The largest absolute Gasteiger partial charge is 0.389 e. The molecule has 0 amide bonds. The third kappa shape index (κ3) is 3.52. The van der Waals surface area contributed by atoms with Crippen LogP contribution in [0.3, 0.4) is 0 Å². The maximum absolute atomic E-state index is 12.7. The number of hydrogen-bond acceptors (Lipinski definition) is 3. The molecule has 2 N–H and O–H groups in total. The first-order chi connectivity index (χ1) is 8.82. The monoisotopic (exact) mass is 300 g/mol. The Hall–Kier alpha value is -0.980. The van der Waals surface area contributed by atoms with Crippen LogP contribution in [0.1, 0.15) is 32.8 Å². The fourth-order valence-electron chi connectivity index (χ4n) is 1.90. The molecule has 0 aliphatic heterocycles. The molecule has 0 aliphatic carbocycles. The van der Waals surface area contributed by atoms with E-state index < -0.39 is 10.0 Å². The van der Waals surface area contributed by atoms with Crippen LogP contribution in [0.25, 0.3) is 0 Å². The number of thiocarbonyl (C=S) groups is 1. The summed E-state index contributed by atoms with van der Waals surface area (Å²) in [4.78, 5) is 0.282. The van der Waals surface area contributed by atoms with Gasteiger partial charge in [-0.2, -0.15) is 4.31 Å². The molecule has 0 saturated heterocycles. The van der Waals surface area contributed by atoms with Crippen LogP contribution < -0.4 is 5.73 Å². The van der Waals surface area contributed by atoms with Crippen LogP contribution in [-0.2, 0) is 10.0 Å². The number of sulfonamides is 1. The van der Waals surface area contributed by atoms with Crippen molar-refractivity contribution in [3.8, 4) is 0 Å². The van der Waals surface area contributed by atoms with Gasteiger partial charge in [0.2, 0.25) is 10.0 Å². The Balaban J connectivity index is 3.37. The molecule has 0 saturated carbocycles. The Morgan fingerprint density at radius 3 is 2.42 bits per heavy atom. The van der Waals surface area contributed by atoms with E-state index in [1.165, 1.54) is 4.31 Å². The van der Waals surface area contributed by atoms with Gasteiger partial charge in [-0.15, -0.1) is 0 Å². The zero-order valence-electron chi connectivity index (χ0n) is 11.5. The van der Waals surface area contributed by atoms with Gasteiger partial charge >= 0.3 is 0 Å². The van der Waals surface area contributed by atoms with Crippen molar-refractivity contribution in [1.29, 1.82) is 0 Å². The van der Waals surface area contributed by atoms with Crippen molar-refractivity contribution in [3.05, 3.63) is 29.8 Å². The predicted octanol–water partition coefficient (Wildman–Crippen LogP) is 2.13. The summed E-state index contributed by atoms with van der Waals surface area (Å²) in [5.41, 5.74) is 6.01. The molecule has 1 rings (SSSR count). The SMILES string of the molecule is CCCN(C(C)C)S(=O)(=O)c1ccccc1C(N)=S. The van der Waals surface area contributed by atoms with Gasteiger partial charge in [0.15, 0.2) is 0 Å². The lowest BCUT2D eigenvalue weighted by molar-refractivity contribution is 0.354. The molecule has 0 aromatic heterocycles. The van der Waals surface area contributed by atoms with Crippen LogP contribution in [0.2, 0.25) is 0 Å². The highest BCUT2D eigenvalue weighted by Gasteiger charge is 2.28. The minimum absolute atomic E-state index is 0.0966. The predicted molar refractivity (Wildman–Crippen MR) is 81.6 cm³/mol. The maximum atomic E-state index is 12.7. The number of nitrogens with two attached hydrogens (primary N) is 1. The molecule has 19 heavy (non-hydrogen) atoms. The molecule has 1 aromatic carbocycles. The van der Waals surface area contributed by atoms with Crippen molar-refractivity contribution in [3.63, 3.8) is 0 Å². The molecule has 1 aromatic rings. The first kappa shape index (κ1) is 16.1. The first-order valence-corrected chi connectivity index (χ1v) is 8.07. The number of hydrogen-bond donors (Lipinski definition) is 1. The smallest absolute Gasteiger partial charge is 0.244 e. The van der Waals surface area contributed by atoms with Crippen LogP contribution >= 0.6 is 12.2 Å². The van der Waals surface area contributed by atoms with E-state index in [1.54, 1.807) is 24.3 Å². The van der Waals surface area contributed by atoms with Crippen molar-refractivity contribution in [2.45, 2.75) is 38.1 Å². The van der Waals surface area contributed by atoms with Gasteiger partial charge in [-0.1, -0.05) is 37.3 Å². The molecule has 0 heterocycles. The lowest BCUT2D eigenvalue weighted by Gasteiger charge is -2.26. The number of nitrogens with zero attached hydrogens (tertiary/aromatic N) is 1. The van der Waals surface area contributed by atoms with Crippen molar-refractivity contribution < 1.29 is 8.42 Å². The Labute approximate surface area is 120 Å². The molecule has 106 valence electrons. The van der Waals surface area contributed by atoms with E-state index in [0.717, 1.165) is 6.42 Å². The van der Waals surface area contributed by atoms with Crippen LogP contribution in [0.4, 0.5) is 0 Å². The van der Waals surface area contributed by atoms with Gasteiger partial charge in [0, 0.05) is 18.2 Å². The molecular weight excluding hydrogens is 280 g/mol. The second-order valence-corrected chi connectivity index (χ2v) is 6.87. The highest BCUT2D eigenvalue weighted by molar-refractivity contribution is 7.89. The highest BCUT2D eigenvalue weighted by atomic mass is 32.2. The zero-order valence-corrected chi connectivity index (χ0v) is 13.1. The summed E-state index contributed by atoms with van der Waals surface area (Å²) in [7, 11) is -3.57. The molecule has 6 heteroatoms. The Morgan fingerprint density at radius 1 is 1.37 bits per heavy atom. The molecule has 0 spiro atoms. The van der Waals surface area contributed by atoms with E-state index >= 15 is 0 Å². The third-order valence-corrected chi connectivity index (χ3v) is 5.11. The summed E-state index contributed by atoms with van der Waals surface area (Å²) in [6, 6.07) is 6.49. The first-order valence-electron chi connectivity index (χ1n) is 6.23. The van der Waals surface area contributed by atoms with Gasteiger partial charge < -0.3 is 5.73 Å².